The summed E-state index contributed by atoms with van der Waals surface area (Å²) in [5.74, 6) is 0.739. The molecule has 0 unspecified atom stereocenters. The highest BCUT2D eigenvalue weighted by atomic mass is 16.1. The molecule has 2 rings (SSSR count). The predicted octanol–water partition coefficient (Wildman–Crippen LogP) is 3.33. The van der Waals surface area contributed by atoms with Gasteiger partial charge in [-0.1, -0.05) is 32.1 Å². The number of carbonyl (C=O) groups is 1. The van der Waals surface area contributed by atoms with E-state index in [0.29, 0.717) is 0 Å². The largest absolute Gasteiger partial charge is 0.298 e. The lowest BCUT2D eigenvalue weighted by atomic mass is 9.85. The second-order valence-corrected chi connectivity index (χ2v) is 4.87. The van der Waals surface area contributed by atoms with Gasteiger partial charge < -0.3 is 0 Å². The number of hydrogen-bond donors (Lipinski definition) is 0. The Kier molecular flexibility index (Phi) is 3.70. The lowest BCUT2D eigenvalue weighted by Gasteiger charge is -2.21. The third kappa shape index (κ3) is 2.69. The zero-order chi connectivity index (χ0) is 11.4. The first-order chi connectivity index (χ1) is 7.79. The van der Waals surface area contributed by atoms with E-state index in [9.17, 15) is 4.79 Å². The number of pyridine rings is 1. The van der Waals surface area contributed by atoms with Crippen LogP contribution < -0.4 is 0 Å². The SMILES string of the molecule is Cc1cnc(CC2CCCCC2)c(C=O)c1. The number of carbonyl (C=O) groups excluding carboxylic acids is 1. The Morgan fingerprint density at radius 1 is 1.38 bits per heavy atom. The zero-order valence-corrected chi connectivity index (χ0v) is 9.91. The van der Waals surface area contributed by atoms with E-state index in [2.05, 4.69) is 4.98 Å². The van der Waals surface area contributed by atoms with Gasteiger partial charge in [-0.3, -0.25) is 9.78 Å². The summed E-state index contributed by atoms with van der Waals surface area (Å²) in [6.45, 7) is 1.98. The van der Waals surface area contributed by atoms with E-state index in [4.69, 9.17) is 0 Å². The van der Waals surface area contributed by atoms with Crippen LogP contribution in [0.4, 0.5) is 0 Å². The van der Waals surface area contributed by atoms with Crippen molar-refractivity contribution in [2.75, 3.05) is 0 Å². The molecule has 1 aromatic heterocycles. The summed E-state index contributed by atoms with van der Waals surface area (Å²) in [6.07, 6.45) is 10.4. The van der Waals surface area contributed by atoms with E-state index in [0.717, 1.165) is 35.4 Å². The first kappa shape index (κ1) is 11.3. The van der Waals surface area contributed by atoms with Crippen molar-refractivity contribution in [2.24, 2.45) is 5.92 Å². The number of aryl methyl sites for hydroxylation is 1. The molecular weight excluding hydrogens is 198 g/mol. The highest BCUT2D eigenvalue weighted by molar-refractivity contribution is 5.76. The lowest BCUT2D eigenvalue weighted by Crippen LogP contribution is -2.11. The molecule has 0 N–H and O–H groups in total. The van der Waals surface area contributed by atoms with Crippen molar-refractivity contribution in [3.8, 4) is 0 Å². The molecule has 0 aromatic carbocycles. The highest BCUT2D eigenvalue weighted by Crippen LogP contribution is 2.27. The maximum Gasteiger partial charge on any atom is 0.151 e. The minimum Gasteiger partial charge on any atom is -0.298 e. The first-order valence-corrected chi connectivity index (χ1v) is 6.20. The quantitative estimate of drug-likeness (QED) is 0.727. The van der Waals surface area contributed by atoms with Crippen LogP contribution in [0, 0.1) is 12.8 Å². The fourth-order valence-electron chi connectivity index (χ4n) is 2.56. The van der Waals surface area contributed by atoms with Crippen molar-refractivity contribution >= 4 is 6.29 Å². The second kappa shape index (κ2) is 5.24. The molecule has 2 nitrogen and oxygen atoms in total. The molecule has 1 aliphatic carbocycles. The van der Waals surface area contributed by atoms with Gasteiger partial charge in [-0.05, 0) is 30.9 Å². The van der Waals surface area contributed by atoms with Crippen molar-refractivity contribution in [3.05, 3.63) is 29.1 Å². The minimum atomic E-state index is 0.739. The summed E-state index contributed by atoms with van der Waals surface area (Å²) in [5, 5.41) is 0. The smallest absolute Gasteiger partial charge is 0.151 e. The molecule has 86 valence electrons. The van der Waals surface area contributed by atoms with Gasteiger partial charge in [0.1, 0.15) is 0 Å². The molecule has 0 spiro atoms. The van der Waals surface area contributed by atoms with Crippen LogP contribution in [-0.4, -0.2) is 11.3 Å². The van der Waals surface area contributed by atoms with Gasteiger partial charge >= 0.3 is 0 Å². The van der Waals surface area contributed by atoms with Crippen LogP contribution in [0.5, 0.6) is 0 Å². The third-order valence-corrected chi connectivity index (χ3v) is 3.47. The molecular formula is C14H19NO. The summed E-state index contributed by atoms with van der Waals surface area (Å²) >= 11 is 0. The molecule has 0 aliphatic heterocycles. The van der Waals surface area contributed by atoms with Gasteiger partial charge in [-0.15, -0.1) is 0 Å². The van der Waals surface area contributed by atoms with E-state index in [1.165, 1.54) is 32.1 Å². The van der Waals surface area contributed by atoms with Crippen LogP contribution in [0.15, 0.2) is 12.3 Å². The molecule has 0 radical (unpaired) electrons. The Balaban J connectivity index is 2.10. The topological polar surface area (TPSA) is 30.0 Å². The molecule has 16 heavy (non-hydrogen) atoms. The van der Waals surface area contributed by atoms with E-state index >= 15 is 0 Å². The number of aromatic nitrogens is 1. The fraction of sp³-hybridized carbons (Fsp3) is 0.571. The van der Waals surface area contributed by atoms with Crippen LogP contribution in [0.1, 0.15) is 53.7 Å². The van der Waals surface area contributed by atoms with E-state index < -0.39 is 0 Å². The van der Waals surface area contributed by atoms with Crippen LogP contribution >= 0.6 is 0 Å². The van der Waals surface area contributed by atoms with Crippen molar-refractivity contribution in [1.29, 1.82) is 0 Å². The summed E-state index contributed by atoms with van der Waals surface area (Å²) in [4.78, 5) is 15.4. The normalized spacial score (nSPS) is 17.3. The molecule has 1 aliphatic rings. The number of aldehydes is 1. The van der Waals surface area contributed by atoms with Crippen LogP contribution in [-0.2, 0) is 6.42 Å². The minimum absolute atomic E-state index is 0.739. The van der Waals surface area contributed by atoms with Gasteiger partial charge in [0.25, 0.3) is 0 Å². The average Bonchev–Trinajstić information content (AvgIpc) is 2.33. The molecule has 0 atom stereocenters. The van der Waals surface area contributed by atoms with Crippen molar-refractivity contribution < 1.29 is 4.79 Å². The lowest BCUT2D eigenvalue weighted by molar-refractivity contribution is 0.112. The van der Waals surface area contributed by atoms with E-state index in [1.807, 2.05) is 19.2 Å². The monoisotopic (exact) mass is 217 g/mol. The Morgan fingerprint density at radius 3 is 2.81 bits per heavy atom. The summed E-state index contributed by atoms with van der Waals surface area (Å²) < 4.78 is 0. The van der Waals surface area contributed by atoms with Gasteiger partial charge in [0.15, 0.2) is 6.29 Å². The Hall–Kier alpha value is -1.18. The van der Waals surface area contributed by atoms with Crippen LogP contribution in [0.25, 0.3) is 0 Å². The molecule has 1 fully saturated rings. The van der Waals surface area contributed by atoms with E-state index in [-0.39, 0.29) is 0 Å². The molecule has 1 saturated carbocycles. The third-order valence-electron chi connectivity index (χ3n) is 3.47. The summed E-state index contributed by atoms with van der Waals surface area (Å²) in [5.41, 5.74) is 2.84. The van der Waals surface area contributed by atoms with Gasteiger partial charge in [-0.2, -0.15) is 0 Å². The average molecular weight is 217 g/mol. The molecule has 2 heteroatoms. The molecule has 0 saturated heterocycles. The van der Waals surface area contributed by atoms with E-state index in [1.54, 1.807) is 0 Å². The standard InChI is InChI=1S/C14H19NO/c1-11-7-13(10-16)14(15-9-11)8-12-5-3-2-4-6-12/h7,9-10,12H,2-6,8H2,1H3. The highest BCUT2D eigenvalue weighted by Gasteiger charge is 2.16. The van der Waals surface area contributed by atoms with Crippen molar-refractivity contribution in [2.45, 2.75) is 45.4 Å². The van der Waals surface area contributed by atoms with Gasteiger partial charge in [0.05, 0.1) is 5.69 Å². The Bertz CT molecular complexity index is 367. The van der Waals surface area contributed by atoms with Crippen LogP contribution in [0.3, 0.4) is 0 Å². The Labute approximate surface area is 97.1 Å². The number of hydrogen-bond acceptors (Lipinski definition) is 2. The molecule has 0 bridgehead atoms. The van der Waals surface area contributed by atoms with Crippen LogP contribution in [0.2, 0.25) is 0 Å². The molecule has 1 heterocycles. The zero-order valence-electron chi connectivity index (χ0n) is 9.91. The van der Waals surface area contributed by atoms with Gasteiger partial charge in [-0.25, -0.2) is 0 Å². The maximum absolute atomic E-state index is 11.0. The number of rotatable bonds is 3. The van der Waals surface area contributed by atoms with Crippen molar-refractivity contribution in [3.63, 3.8) is 0 Å². The molecule has 1 aromatic rings. The number of nitrogens with zero attached hydrogens (tertiary/aromatic N) is 1. The summed E-state index contributed by atoms with van der Waals surface area (Å²) in [6, 6.07) is 1.94. The second-order valence-electron chi connectivity index (χ2n) is 4.87. The molecule has 0 amide bonds. The van der Waals surface area contributed by atoms with Gasteiger partial charge in [0, 0.05) is 11.8 Å². The predicted molar refractivity (Wildman–Crippen MR) is 64.6 cm³/mol. The first-order valence-electron chi connectivity index (χ1n) is 6.20. The fourth-order valence-corrected chi connectivity index (χ4v) is 2.56. The van der Waals surface area contributed by atoms with Crippen molar-refractivity contribution in [1.82, 2.24) is 4.98 Å². The maximum atomic E-state index is 11.0. The van der Waals surface area contributed by atoms with Gasteiger partial charge in [0.2, 0.25) is 0 Å². The Morgan fingerprint density at radius 2 is 2.12 bits per heavy atom. The summed E-state index contributed by atoms with van der Waals surface area (Å²) in [7, 11) is 0.